The average Bonchev–Trinajstić information content (AvgIpc) is 3.24. The zero-order chi connectivity index (χ0) is 28.9. The Hall–Kier alpha value is -4.28. The number of ether oxygens (including phenoxy) is 2. The van der Waals surface area contributed by atoms with E-state index >= 15 is 0 Å². The van der Waals surface area contributed by atoms with Crippen LogP contribution in [0.4, 0.5) is 5.69 Å². The van der Waals surface area contributed by atoms with Crippen molar-refractivity contribution in [3.8, 4) is 17.2 Å². The van der Waals surface area contributed by atoms with E-state index < -0.39 is 22.5 Å². The van der Waals surface area contributed by atoms with Gasteiger partial charge in [0, 0.05) is 33.7 Å². The number of rotatable bonds is 10. The van der Waals surface area contributed by atoms with Crippen LogP contribution in [0, 0.1) is 13.8 Å². The molecule has 11 heteroatoms. The number of hydrazone groups is 1. The van der Waals surface area contributed by atoms with Crippen molar-refractivity contribution >= 4 is 39.4 Å². The number of sulfonamides is 1. The topological polar surface area (TPSA) is 102 Å². The van der Waals surface area contributed by atoms with Gasteiger partial charge in [0.05, 0.1) is 31.0 Å². The standard InChI is InChI=1S/C29H29ClN4O5S/c1-20-15-22(21(2)34(20)24-10-8-9-23(30)16-24)18-31-32-29(35)19-33(40(36,37)26-11-6-5-7-12-26)27-14-13-25(38-3)17-28(27)39-4/h5-18H,19H2,1-4H3,(H,32,35)/b31-18-. The highest BCUT2D eigenvalue weighted by atomic mass is 35.5. The summed E-state index contributed by atoms with van der Waals surface area (Å²) in [7, 11) is -1.23. The van der Waals surface area contributed by atoms with Crippen molar-refractivity contribution in [1.29, 1.82) is 0 Å². The lowest BCUT2D eigenvalue weighted by atomic mass is 10.2. The van der Waals surface area contributed by atoms with Gasteiger partial charge in [-0.25, -0.2) is 13.8 Å². The van der Waals surface area contributed by atoms with Gasteiger partial charge < -0.3 is 14.0 Å². The Labute approximate surface area is 238 Å². The van der Waals surface area contributed by atoms with E-state index in [9.17, 15) is 13.2 Å². The molecule has 0 aliphatic rings. The second kappa shape index (κ2) is 12.3. The smallest absolute Gasteiger partial charge is 0.264 e. The van der Waals surface area contributed by atoms with Crippen LogP contribution in [-0.4, -0.2) is 45.9 Å². The Bertz CT molecular complexity index is 1650. The lowest BCUT2D eigenvalue weighted by molar-refractivity contribution is -0.119. The number of carbonyl (C=O) groups excluding carboxylic acids is 1. The van der Waals surface area contributed by atoms with E-state index in [0.29, 0.717) is 10.8 Å². The maximum atomic E-state index is 13.6. The average molecular weight is 581 g/mol. The molecule has 0 bridgehead atoms. The molecular weight excluding hydrogens is 552 g/mol. The zero-order valence-corrected chi connectivity index (χ0v) is 24.0. The Kier molecular flexibility index (Phi) is 8.81. The van der Waals surface area contributed by atoms with Crippen LogP contribution in [-0.2, 0) is 14.8 Å². The second-order valence-electron chi connectivity index (χ2n) is 8.80. The van der Waals surface area contributed by atoms with Crippen molar-refractivity contribution < 1.29 is 22.7 Å². The fourth-order valence-electron chi connectivity index (χ4n) is 4.28. The number of nitrogens with zero attached hydrogens (tertiary/aromatic N) is 3. The van der Waals surface area contributed by atoms with E-state index in [0.717, 1.165) is 26.9 Å². The monoisotopic (exact) mass is 580 g/mol. The van der Waals surface area contributed by atoms with Crippen LogP contribution in [0.2, 0.25) is 5.02 Å². The van der Waals surface area contributed by atoms with Crippen LogP contribution in [0.3, 0.4) is 0 Å². The zero-order valence-electron chi connectivity index (χ0n) is 22.5. The summed E-state index contributed by atoms with van der Waals surface area (Å²) in [5.74, 6) is 0.0583. The van der Waals surface area contributed by atoms with Gasteiger partial charge in [0.2, 0.25) is 0 Å². The van der Waals surface area contributed by atoms with Crippen LogP contribution in [0.15, 0.2) is 88.9 Å². The van der Waals surface area contributed by atoms with Crippen molar-refractivity contribution in [3.05, 3.63) is 101 Å². The third kappa shape index (κ3) is 6.13. The van der Waals surface area contributed by atoms with Crippen LogP contribution in [0.25, 0.3) is 5.69 Å². The second-order valence-corrected chi connectivity index (χ2v) is 11.1. The number of aromatic nitrogens is 1. The summed E-state index contributed by atoms with van der Waals surface area (Å²) in [5.41, 5.74) is 6.17. The number of carbonyl (C=O) groups is 1. The summed E-state index contributed by atoms with van der Waals surface area (Å²) in [6.45, 7) is 3.35. The van der Waals surface area contributed by atoms with E-state index in [-0.39, 0.29) is 16.3 Å². The van der Waals surface area contributed by atoms with Crippen LogP contribution < -0.4 is 19.2 Å². The van der Waals surface area contributed by atoms with Crippen molar-refractivity contribution in [2.24, 2.45) is 5.10 Å². The lowest BCUT2D eigenvalue weighted by Gasteiger charge is -2.25. The highest BCUT2D eigenvalue weighted by Gasteiger charge is 2.29. The predicted octanol–water partition coefficient (Wildman–Crippen LogP) is 5.11. The minimum absolute atomic E-state index is 0.0256. The predicted molar refractivity (Wildman–Crippen MR) is 157 cm³/mol. The van der Waals surface area contributed by atoms with E-state index in [2.05, 4.69) is 10.5 Å². The molecule has 0 aliphatic carbocycles. The van der Waals surface area contributed by atoms with Gasteiger partial charge in [0.15, 0.2) is 0 Å². The van der Waals surface area contributed by atoms with Gasteiger partial charge in [0.1, 0.15) is 18.0 Å². The molecule has 40 heavy (non-hydrogen) atoms. The SMILES string of the molecule is COc1ccc(N(CC(=O)N/N=C\c2cc(C)n(-c3cccc(Cl)c3)c2C)S(=O)(=O)c2ccccc2)c(OC)c1. The third-order valence-corrected chi connectivity index (χ3v) is 8.21. The molecule has 0 radical (unpaired) electrons. The Morgan fingerprint density at radius 1 is 1.00 bits per heavy atom. The molecule has 9 nitrogen and oxygen atoms in total. The van der Waals surface area contributed by atoms with Crippen molar-refractivity contribution in [2.45, 2.75) is 18.7 Å². The number of halogens is 1. The molecule has 0 unspecified atom stereocenters. The van der Waals surface area contributed by atoms with Crippen molar-refractivity contribution in [3.63, 3.8) is 0 Å². The molecule has 4 aromatic rings. The Balaban J connectivity index is 1.60. The number of methoxy groups -OCH3 is 2. The van der Waals surface area contributed by atoms with Gasteiger partial charge in [-0.3, -0.25) is 9.10 Å². The van der Waals surface area contributed by atoms with Gasteiger partial charge in [-0.2, -0.15) is 5.10 Å². The summed E-state index contributed by atoms with van der Waals surface area (Å²) in [5, 5.41) is 4.72. The number of aryl methyl sites for hydroxylation is 1. The molecule has 0 saturated carbocycles. The van der Waals surface area contributed by atoms with Crippen molar-refractivity contribution in [2.75, 3.05) is 25.1 Å². The molecule has 1 amide bonds. The van der Waals surface area contributed by atoms with Gasteiger partial charge in [-0.15, -0.1) is 0 Å². The van der Waals surface area contributed by atoms with Gasteiger partial charge >= 0.3 is 0 Å². The van der Waals surface area contributed by atoms with Crippen LogP contribution in [0.1, 0.15) is 17.0 Å². The van der Waals surface area contributed by atoms with Gasteiger partial charge in [-0.05, 0) is 62.4 Å². The molecule has 208 valence electrons. The quantitative estimate of drug-likeness (QED) is 0.207. The highest BCUT2D eigenvalue weighted by Crippen LogP contribution is 2.35. The summed E-state index contributed by atoms with van der Waals surface area (Å²) in [6.07, 6.45) is 1.52. The molecule has 0 fully saturated rings. The molecule has 1 aromatic heterocycles. The van der Waals surface area contributed by atoms with E-state index in [1.807, 2.05) is 42.7 Å². The van der Waals surface area contributed by atoms with E-state index in [1.54, 1.807) is 36.4 Å². The van der Waals surface area contributed by atoms with Gasteiger partial charge in [-0.1, -0.05) is 35.9 Å². The Morgan fingerprint density at radius 2 is 1.75 bits per heavy atom. The minimum Gasteiger partial charge on any atom is -0.497 e. The van der Waals surface area contributed by atoms with Crippen LogP contribution in [0.5, 0.6) is 11.5 Å². The summed E-state index contributed by atoms with van der Waals surface area (Å²) in [4.78, 5) is 13.0. The normalized spacial score (nSPS) is 11.4. The number of anilines is 1. The molecule has 0 atom stereocenters. The maximum absolute atomic E-state index is 13.6. The fourth-order valence-corrected chi connectivity index (χ4v) is 5.92. The Morgan fingerprint density at radius 3 is 2.42 bits per heavy atom. The first kappa shape index (κ1) is 28.7. The van der Waals surface area contributed by atoms with E-state index in [4.69, 9.17) is 21.1 Å². The van der Waals surface area contributed by atoms with Gasteiger partial charge in [0.25, 0.3) is 15.9 Å². The molecule has 1 N–H and O–H groups in total. The molecule has 4 rings (SSSR count). The van der Waals surface area contributed by atoms with E-state index in [1.165, 1.54) is 38.6 Å². The summed E-state index contributed by atoms with van der Waals surface area (Å²) < 4.78 is 41.0. The molecule has 0 aliphatic heterocycles. The van der Waals surface area contributed by atoms with Crippen LogP contribution >= 0.6 is 11.6 Å². The summed E-state index contributed by atoms with van der Waals surface area (Å²) >= 11 is 6.17. The molecule has 3 aromatic carbocycles. The minimum atomic E-state index is -4.14. The molecule has 0 saturated heterocycles. The third-order valence-electron chi connectivity index (χ3n) is 6.20. The number of benzene rings is 3. The summed E-state index contributed by atoms with van der Waals surface area (Å²) in [6, 6.07) is 21.9. The fraction of sp³-hybridized carbons (Fsp3) is 0.172. The number of hydrogen-bond donors (Lipinski definition) is 1. The molecule has 1 heterocycles. The molecular formula is C29H29ClN4O5S. The highest BCUT2D eigenvalue weighted by molar-refractivity contribution is 7.92. The number of amides is 1. The number of hydrogen-bond acceptors (Lipinski definition) is 6. The maximum Gasteiger partial charge on any atom is 0.264 e. The lowest BCUT2D eigenvalue weighted by Crippen LogP contribution is -2.39. The molecule has 0 spiro atoms. The van der Waals surface area contributed by atoms with Crippen molar-refractivity contribution in [1.82, 2.24) is 9.99 Å². The first-order chi connectivity index (χ1) is 19.1. The number of nitrogens with one attached hydrogen (secondary N) is 1. The first-order valence-electron chi connectivity index (χ1n) is 12.2. The largest absolute Gasteiger partial charge is 0.497 e. The first-order valence-corrected chi connectivity index (χ1v) is 14.0.